The van der Waals surface area contributed by atoms with E-state index < -0.39 is 5.82 Å². The van der Waals surface area contributed by atoms with E-state index in [0.717, 1.165) is 10.6 Å². The van der Waals surface area contributed by atoms with Crippen molar-refractivity contribution < 1.29 is 9.13 Å². The first kappa shape index (κ1) is 13.4. The van der Waals surface area contributed by atoms with Gasteiger partial charge in [-0.2, -0.15) is 5.26 Å². The molecule has 0 aliphatic rings. The number of nitriles is 1. The van der Waals surface area contributed by atoms with Gasteiger partial charge in [0.2, 0.25) is 0 Å². The van der Waals surface area contributed by atoms with E-state index >= 15 is 0 Å². The van der Waals surface area contributed by atoms with Gasteiger partial charge in [-0.05, 0) is 42.2 Å². The fourth-order valence-corrected chi connectivity index (χ4v) is 2.24. The molecule has 0 fully saturated rings. The fraction of sp³-hybridized carbons (Fsp3) is 0.133. The number of nitrogens with zero attached hydrogens (tertiary/aromatic N) is 1. The molecule has 0 unspecified atom stereocenters. The maximum Gasteiger partial charge on any atom is 0.133 e. The second-order valence-electron chi connectivity index (χ2n) is 3.90. The Bertz CT molecular complexity index is 622. The van der Waals surface area contributed by atoms with E-state index in [9.17, 15) is 4.39 Å². The van der Waals surface area contributed by atoms with Gasteiger partial charge >= 0.3 is 0 Å². The minimum Gasteiger partial charge on any atom is -0.488 e. The highest BCUT2D eigenvalue weighted by Gasteiger charge is 2.04. The van der Waals surface area contributed by atoms with Crippen LogP contribution in [0.25, 0.3) is 0 Å². The Morgan fingerprint density at radius 1 is 1.26 bits per heavy atom. The number of para-hydroxylation sites is 1. The topological polar surface area (TPSA) is 33.0 Å². The van der Waals surface area contributed by atoms with E-state index in [-0.39, 0.29) is 6.61 Å². The first-order chi connectivity index (χ1) is 9.22. The van der Waals surface area contributed by atoms with Gasteiger partial charge in [-0.25, -0.2) is 4.39 Å². The van der Waals surface area contributed by atoms with Crippen LogP contribution in [0.4, 0.5) is 4.39 Å². The summed E-state index contributed by atoms with van der Waals surface area (Å²) in [5.41, 5.74) is 0.948. The summed E-state index contributed by atoms with van der Waals surface area (Å²) >= 11 is 1.59. The van der Waals surface area contributed by atoms with E-state index in [1.807, 2.05) is 36.6 Å². The molecular formula is C15H12FNOS. The molecule has 19 heavy (non-hydrogen) atoms. The zero-order valence-electron chi connectivity index (χ0n) is 10.4. The van der Waals surface area contributed by atoms with Crippen molar-refractivity contribution in [3.05, 3.63) is 59.4 Å². The molecule has 0 atom stereocenters. The lowest BCUT2D eigenvalue weighted by atomic mass is 10.1. The molecule has 0 aromatic heterocycles. The third kappa shape index (κ3) is 3.49. The Kier molecular flexibility index (Phi) is 4.43. The lowest BCUT2D eigenvalue weighted by Crippen LogP contribution is -1.98. The average molecular weight is 273 g/mol. The van der Waals surface area contributed by atoms with Gasteiger partial charge in [0.1, 0.15) is 18.2 Å². The molecule has 2 aromatic rings. The minimum absolute atomic E-state index is 0.240. The molecule has 0 saturated carbocycles. The SMILES string of the molecule is CSc1ccccc1OCc1cc(F)cc(C#N)c1. The molecular weight excluding hydrogens is 261 g/mol. The Hall–Kier alpha value is -1.99. The third-order valence-electron chi connectivity index (χ3n) is 2.55. The van der Waals surface area contributed by atoms with Crippen molar-refractivity contribution in [3.63, 3.8) is 0 Å². The summed E-state index contributed by atoms with van der Waals surface area (Å²) in [6.45, 7) is 0.240. The summed E-state index contributed by atoms with van der Waals surface area (Å²) < 4.78 is 18.9. The van der Waals surface area contributed by atoms with Gasteiger partial charge < -0.3 is 4.74 Å². The van der Waals surface area contributed by atoms with Crippen LogP contribution in [0.3, 0.4) is 0 Å². The van der Waals surface area contributed by atoms with Gasteiger partial charge in [0, 0.05) is 4.90 Å². The predicted octanol–water partition coefficient (Wildman–Crippen LogP) is 4.00. The highest BCUT2D eigenvalue weighted by atomic mass is 32.2. The molecule has 0 spiro atoms. The van der Waals surface area contributed by atoms with Crippen molar-refractivity contribution in [2.24, 2.45) is 0 Å². The molecule has 0 N–H and O–H groups in total. The molecule has 2 rings (SSSR count). The normalized spacial score (nSPS) is 9.95. The van der Waals surface area contributed by atoms with E-state index in [0.29, 0.717) is 11.1 Å². The zero-order chi connectivity index (χ0) is 13.7. The number of halogens is 1. The fourth-order valence-electron chi connectivity index (χ4n) is 1.70. The molecule has 4 heteroatoms. The van der Waals surface area contributed by atoms with Crippen molar-refractivity contribution in [2.45, 2.75) is 11.5 Å². The van der Waals surface area contributed by atoms with Crippen molar-refractivity contribution in [1.29, 1.82) is 5.26 Å². The second-order valence-corrected chi connectivity index (χ2v) is 4.75. The lowest BCUT2D eigenvalue weighted by molar-refractivity contribution is 0.298. The number of thioether (sulfide) groups is 1. The highest BCUT2D eigenvalue weighted by molar-refractivity contribution is 7.98. The quantitative estimate of drug-likeness (QED) is 0.789. The number of hydrogen-bond acceptors (Lipinski definition) is 3. The Labute approximate surface area is 115 Å². The minimum atomic E-state index is -0.421. The summed E-state index contributed by atoms with van der Waals surface area (Å²) in [6.07, 6.45) is 1.97. The number of rotatable bonds is 4. The van der Waals surface area contributed by atoms with E-state index in [1.54, 1.807) is 17.8 Å². The van der Waals surface area contributed by atoms with E-state index in [1.165, 1.54) is 12.1 Å². The summed E-state index contributed by atoms with van der Waals surface area (Å²) in [5, 5.41) is 8.79. The van der Waals surface area contributed by atoms with Gasteiger partial charge in [0.15, 0.2) is 0 Å². The summed E-state index contributed by atoms with van der Waals surface area (Å²) in [4.78, 5) is 1.03. The van der Waals surface area contributed by atoms with E-state index in [2.05, 4.69) is 0 Å². The van der Waals surface area contributed by atoms with Crippen molar-refractivity contribution in [2.75, 3.05) is 6.26 Å². The molecule has 2 nitrogen and oxygen atoms in total. The monoisotopic (exact) mass is 273 g/mol. The molecule has 0 aliphatic carbocycles. The van der Waals surface area contributed by atoms with Gasteiger partial charge in [-0.15, -0.1) is 11.8 Å². The molecule has 2 aromatic carbocycles. The number of hydrogen-bond donors (Lipinski definition) is 0. The smallest absolute Gasteiger partial charge is 0.133 e. The first-order valence-electron chi connectivity index (χ1n) is 5.68. The molecule has 0 radical (unpaired) electrons. The Morgan fingerprint density at radius 2 is 2.05 bits per heavy atom. The van der Waals surface area contributed by atoms with Crippen molar-refractivity contribution >= 4 is 11.8 Å². The molecule has 0 saturated heterocycles. The average Bonchev–Trinajstić information content (AvgIpc) is 2.44. The first-order valence-corrected chi connectivity index (χ1v) is 6.91. The van der Waals surface area contributed by atoms with E-state index in [4.69, 9.17) is 10.00 Å². The second kappa shape index (κ2) is 6.26. The van der Waals surface area contributed by atoms with Crippen LogP contribution in [0.15, 0.2) is 47.4 Å². The summed E-state index contributed by atoms with van der Waals surface area (Å²) in [5.74, 6) is 0.341. The van der Waals surface area contributed by atoms with Crippen LogP contribution in [0.5, 0.6) is 5.75 Å². The van der Waals surface area contributed by atoms with Crippen molar-refractivity contribution in [3.8, 4) is 11.8 Å². The van der Waals surface area contributed by atoms with Crippen LogP contribution in [-0.2, 0) is 6.61 Å². The Morgan fingerprint density at radius 3 is 2.79 bits per heavy atom. The van der Waals surface area contributed by atoms with Crippen LogP contribution < -0.4 is 4.74 Å². The standard InChI is InChI=1S/C15H12FNOS/c1-19-15-5-3-2-4-14(15)18-10-12-6-11(9-17)7-13(16)8-12/h2-8H,10H2,1H3. The molecule has 0 bridgehead atoms. The van der Waals surface area contributed by atoms with Crippen LogP contribution >= 0.6 is 11.8 Å². The van der Waals surface area contributed by atoms with Crippen molar-refractivity contribution in [1.82, 2.24) is 0 Å². The Balaban J connectivity index is 2.15. The maximum atomic E-state index is 13.3. The maximum absolute atomic E-state index is 13.3. The van der Waals surface area contributed by atoms with Crippen LogP contribution in [-0.4, -0.2) is 6.26 Å². The van der Waals surface area contributed by atoms with Gasteiger partial charge in [-0.1, -0.05) is 12.1 Å². The van der Waals surface area contributed by atoms with Gasteiger partial charge in [0.25, 0.3) is 0 Å². The molecule has 0 heterocycles. The van der Waals surface area contributed by atoms with Crippen LogP contribution in [0.2, 0.25) is 0 Å². The number of ether oxygens (including phenoxy) is 1. The lowest BCUT2D eigenvalue weighted by Gasteiger charge is -2.10. The highest BCUT2D eigenvalue weighted by Crippen LogP contribution is 2.27. The summed E-state index contributed by atoms with van der Waals surface area (Å²) in [6, 6.07) is 13.8. The predicted molar refractivity (Wildman–Crippen MR) is 73.7 cm³/mol. The summed E-state index contributed by atoms with van der Waals surface area (Å²) in [7, 11) is 0. The number of benzene rings is 2. The molecule has 0 amide bonds. The van der Waals surface area contributed by atoms with Crippen LogP contribution in [0.1, 0.15) is 11.1 Å². The zero-order valence-corrected chi connectivity index (χ0v) is 11.2. The van der Waals surface area contributed by atoms with Gasteiger partial charge in [-0.3, -0.25) is 0 Å². The largest absolute Gasteiger partial charge is 0.488 e. The molecule has 0 aliphatic heterocycles. The van der Waals surface area contributed by atoms with Crippen LogP contribution in [0, 0.1) is 17.1 Å². The molecule has 96 valence electrons. The van der Waals surface area contributed by atoms with Gasteiger partial charge in [0.05, 0.1) is 11.6 Å². The third-order valence-corrected chi connectivity index (χ3v) is 3.33.